The van der Waals surface area contributed by atoms with Crippen LogP contribution in [0.3, 0.4) is 0 Å². The number of carboxylic acid groups (broad SMARTS) is 1. The molecule has 4 heteroatoms. The number of carboxylic acids is 1. The highest BCUT2D eigenvalue weighted by Crippen LogP contribution is 2.25. The molecule has 0 fully saturated rings. The van der Waals surface area contributed by atoms with Gasteiger partial charge in [0.2, 0.25) is 0 Å². The lowest BCUT2D eigenvalue weighted by atomic mass is 9.93. The molecule has 1 atom stereocenters. The summed E-state index contributed by atoms with van der Waals surface area (Å²) >= 11 is 3.90. The van der Waals surface area contributed by atoms with Crippen molar-refractivity contribution in [3.8, 4) is 0 Å². The summed E-state index contributed by atoms with van der Waals surface area (Å²) < 4.78 is -1.51. The number of aliphatic carboxylic acids is 1. The van der Waals surface area contributed by atoms with Gasteiger partial charge in [-0.1, -0.05) is 13.8 Å². The van der Waals surface area contributed by atoms with Gasteiger partial charge in [-0.3, -0.25) is 9.59 Å². The van der Waals surface area contributed by atoms with Crippen LogP contribution in [0.25, 0.3) is 0 Å². The van der Waals surface area contributed by atoms with E-state index in [1.165, 1.54) is 6.92 Å². The molecule has 0 aromatic carbocycles. The third-order valence-corrected chi connectivity index (χ3v) is 2.33. The highest BCUT2D eigenvalue weighted by atomic mass is 32.1. The van der Waals surface area contributed by atoms with Crippen LogP contribution in [0.1, 0.15) is 27.2 Å². The summed E-state index contributed by atoms with van der Waals surface area (Å²) in [6.07, 6.45) is 0.265. The van der Waals surface area contributed by atoms with E-state index in [0.717, 1.165) is 0 Å². The lowest BCUT2D eigenvalue weighted by Gasteiger charge is -2.22. The molecule has 0 amide bonds. The number of carbonyl (C=O) groups is 2. The van der Waals surface area contributed by atoms with Crippen LogP contribution in [-0.4, -0.2) is 21.6 Å². The molecular weight excluding hydrogens is 176 g/mol. The highest BCUT2D eigenvalue weighted by molar-refractivity contribution is 7.83. The fourth-order valence-corrected chi connectivity index (χ4v) is 1.34. The van der Waals surface area contributed by atoms with Gasteiger partial charge in [-0.05, 0) is 19.3 Å². The second-order valence-corrected chi connectivity index (χ2v) is 4.08. The predicted octanol–water partition coefficient (Wildman–Crippen LogP) is 1.37. The summed E-state index contributed by atoms with van der Waals surface area (Å²) in [7, 11) is 0. The molecule has 0 bridgehead atoms. The summed E-state index contributed by atoms with van der Waals surface area (Å²) in [4.78, 5) is 21.7. The van der Waals surface area contributed by atoms with Crippen LogP contribution in [0, 0.1) is 5.92 Å². The summed E-state index contributed by atoms with van der Waals surface area (Å²) in [5, 5.41) is 8.75. The number of hydrogen-bond donors (Lipinski definition) is 2. The molecular formula is C8H14O3S. The zero-order chi connectivity index (χ0) is 9.94. The Labute approximate surface area is 77.6 Å². The third kappa shape index (κ3) is 2.52. The first-order valence-corrected chi connectivity index (χ1v) is 4.22. The average molecular weight is 190 g/mol. The standard InChI is InChI=1S/C8H14O3S/c1-5(2)4-8(12,6(3)9)7(10)11/h5,12H,4H2,1-3H3,(H,10,11). The van der Waals surface area contributed by atoms with Gasteiger partial charge >= 0.3 is 5.97 Å². The zero-order valence-corrected chi connectivity index (χ0v) is 8.39. The topological polar surface area (TPSA) is 54.4 Å². The van der Waals surface area contributed by atoms with E-state index in [2.05, 4.69) is 12.6 Å². The molecule has 0 spiro atoms. The molecule has 0 aliphatic rings. The molecule has 1 unspecified atom stereocenters. The van der Waals surface area contributed by atoms with E-state index in [1.54, 1.807) is 0 Å². The Morgan fingerprint density at radius 2 is 1.92 bits per heavy atom. The summed E-state index contributed by atoms with van der Waals surface area (Å²) in [5.41, 5.74) is 0. The molecule has 70 valence electrons. The largest absolute Gasteiger partial charge is 0.480 e. The van der Waals surface area contributed by atoms with Crippen molar-refractivity contribution in [2.75, 3.05) is 0 Å². The van der Waals surface area contributed by atoms with Gasteiger partial charge < -0.3 is 5.11 Å². The van der Waals surface area contributed by atoms with Crippen LogP contribution in [0.5, 0.6) is 0 Å². The van der Waals surface area contributed by atoms with Crippen LogP contribution in [0.2, 0.25) is 0 Å². The van der Waals surface area contributed by atoms with E-state index < -0.39 is 16.5 Å². The van der Waals surface area contributed by atoms with E-state index >= 15 is 0 Å². The Kier molecular flexibility index (Phi) is 3.77. The van der Waals surface area contributed by atoms with E-state index in [1.807, 2.05) is 13.8 Å². The molecule has 0 aromatic rings. The molecule has 0 saturated carbocycles. The molecule has 0 rings (SSSR count). The van der Waals surface area contributed by atoms with Gasteiger partial charge in [-0.15, -0.1) is 0 Å². The van der Waals surface area contributed by atoms with Gasteiger partial charge in [-0.25, -0.2) is 0 Å². The number of carbonyl (C=O) groups excluding carboxylic acids is 1. The van der Waals surface area contributed by atoms with Gasteiger partial charge in [0.15, 0.2) is 10.5 Å². The molecule has 0 aliphatic carbocycles. The van der Waals surface area contributed by atoms with Crippen molar-refractivity contribution in [3.05, 3.63) is 0 Å². The quantitative estimate of drug-likeness (QED) is 0.520. The number of thiol groups is 1. The maximum Gasteiger partial charge on any atom is 0.327 e. The van der Waals surface area contributed by atoms with Crippen molar-refractivity contribution in [1.82, 2.24) is 0 Å². The number of ketones is 1. The smallest absolute Gasteiger partial charge is 0.327 e. The molecule has 0 aliphatic heterocycles. The van der Waals surface area contributed by atoms with Crippen molar-refractivity contribution in [2.24, 2.45) is 5.92 Å². The summed E-state index contributed by atoms with van der Waals surface area (Å²) in [6.45, 7) is 4.97. The molecule has 0 saturated heterocycles. The summed E-state index contributed by atoms with van der Waals surface area (Å²) in [6, 6.07) is 0. The maximum absolute atomic E-state index is 11.0. The first-order valence-electron chi connectivity index (χ1n) is 3.77. The third-order valence-electron chi connectivity index (χ3n) is 1.64. The minimum absolute atomic E-state index is 0.141. The Bertz CT molecular complexity index is 184. The fourth-order valence-electron chi connectivity index (χ4n) is 0.972. The normalized spacial score (nSPS) is 15.8. The van der Waals surface area contributed by atoms with Gasteiger partial charge in [0.05, 0.1) is 0 Å². The Balaban J connectivity index is 4.63. The van der Waals surface area contributed by atoms with Crippen molar-refractivity contribution in [2.45, 2.75) is 31.9 Å². The number of rotatable bonds is 4. The maximum atomic E-state index is 11.0. The first-order chi connectivity index (χ1) is 5.30. The lowest BCUT2D eigenvalue weighted by molar-refractivity contribution is -0.143. The average Bonchev–Trinajstić information content (AvgIpc) is 1.84. The van der Waals surface area contributed by atoms with Crippen LogP contribution in [0.4, 0.5) is 0 Å². The molecule has 0 radical (unpaired) electrons. The molecule has 12 heavy (non-hydrogen) atoms. The van der Waals surface area contributed by atoms with Crippen molar-refractivity contribution < 1.29 is 14.7 Å². The lowest BCUT2D eigenvalue weighted by Crippen LogP contribution is -2.41. The number of hydrogen-bond acceptors (Lipinski definition) is 3. The van der Waals surface area contributed by atoms with E-state index in [0.29, 0.717) is 0 Å². The Hall–Kier alpha value is -0.510. The van der Waals surface area contributed by atoms with Crippen LogP contribution >= 0.6 is 12.6 Å². The first kappa shape index (κ1) is 11.5. The minimum Gasteiger partial charge on any atom is -0.480 e. The SMILES string of the molecule is CC(=O)C(S)(CC(C)C)C(=O)O. The monoisotopic (exact) mass is 190 g/mol. The fraction of sp³-hybridized carbons (Fsp3) is 0.750. The summed E-state index contributed by atoms with van der Waals surface area (Å²) in [5.74, 6) is -1.43. The zero-order valence-electron chi connectivity index (χ0n) is 7.50. The van der Waals surface area contributed by atoms with Gasteiger partial charge in [-0.2, -0.15) is 12.6 Å². The predicted molar refractivity (Wildman–Crippen MR) is 49.5 cm³/mol. The highest BCUT2D eigenvalue weighted by Gasteiger charge is 2.39. The van der Waals surface area contributed by atoms with Gasteiger partial charge in [0.25, 0.3) is 0 Å². The molecule has 3 nitrogen and oxygen atoms in total. The Morgan fingerprint density at radius 3 is 2.00 bits per heavy atom. The number of Topliss-reactive ketones (excluding diaryl/α,β-unsaturated/α-hetero) is 1. The van der Waals surface area contributed by atoms with Crippen molar-refractivity contribution >= 4 is 24.4 Å². The second-order valence-electron chi connectivity index (χ2n) is 3.32. The van der Waals surface area contributed by atoms with Gasteiger partial charge in [0.1, 0.15) is 0 Å². The Morgan fingerprint density at radius 1 is 1.50 bits per heavy atom. The minimum atomic E-state index is -1.51. The van der Waals surface area contributed by atoms with Crippen molar-refractivity contribution in [3.63, 3.8) is 0 Å². The van der Waals surface area contributed by atoms with Crippen molar-refractivity contribution in [1.29, 1.82) is 0 Å². The van der Waals surface area contributed by atoms with Crippen LogP contribution in [-0.2, 0) is 9.59 Å². The molecule has 1 N–H and O–H groups in total. The van der Waals surface area contributed by atoms with E-state index in [4.69, 9.17) is 5.11 Å². The second kappa shape index (κ2) is 3.94. The van der Waals surface area contributed by atoms with E-state index in [9.17, 15) is 9.59 Å². The molecule has 0 aromatic heterocycles. The van der Waals surface area contributed by atoms with Crippen LogP contribution in [0.15, 0.2) is 0 Å². The molecule has 0 heterocycles. The van der Waals surface area contributed by atoms with E-state index in [-0.39, 0.29) is 12.3 Å². The van der Waals surface area contributed by atoms with Gasteiger partial charge in [0, 0.05) is 0 Å². The van der Waals surface area contributed by atoms with Crippen LogP contribution < -0.4 is 0 Å².